The summed E-state index contributed by atoms with van der Waals surface area (Å²) in [4.78, 5) is 32.5. The minimum absolute atomic E-state index is 0.321. The molecule has 3 N–H and O–H groups in total. The molecule has 0 aliphatic rings. The molecule has 86 valence electrons. The standard InChI is InChI=1S/C9H9NO5S/c11-7(12)3-6(9(14)15)10-8(13)5-1-2-16-4-5/h1-2,4,6H,3H2,(H,10,13)(H,11,12)(H,14,15)/t6-/m0/s1. The molecular formula is C9H9NO5S. The summed E-state index contributed by atoms with van der Waals surface area (Å²) < 4.78 is 0. The Morgan fingerprint density at radius 1 is 1.38 bits per heavy atom. The van der Waals surface area contributed by atoms with Gasteiger partial charge < -0.3 is 15.5 Å². The third-order valence-electron chi connectivity index (χ3n) is 1.77. The van der Waals surface area contributed by atoms with Crippen LogP contribution in [0.25, 0.3) is 0 Å². The van der Waals surface area contributed by atoms with Crippen LogP contribution in [0.5, 0.6) is 0 Å². The summed E-state index contributed by atoms with van der Waals surface area (Å²) in [7, 11) is 0. The molecule has 0 aliphatic heterocycles. The summed E-state index contributed by atoms with van der Waals surface area (Å²) in [5.41, 5.74) is 0.321. The molecule has 7 heteroatoms. The monoisotopic (exact) mass is 243 g/mol. The maximum Gasteiger partial charge on any atom is 0.326 e. The number of thiophene rings is 1. The number of hydrogen-bond acceptors (Lipinski definition) is 4. The molecule has 1 rings (SSSR count). The van der Waals surface area contributed by atoms with Gasteiger partial charge in [0.2, 0.25) is 0 Å². The Morgan fingerprint density at radius 2 is 2.06 bits per heavy atom. The molecule has 0 spiro atoms. The van der Waals surface area contributed by atoms with Crippen LogP contribution in [-0.2, 0) is 9.59 Å². The van der Waals surface area contributed by atoms with Gasteiger partial charge in [-0.2, -0.15) is 11.3 Å². The van der Waals surface area contributed by atoms with Crippen LogP contribution in [0.2, 0.25) is 0 Å². The average molecular weight is 243 g/mol. The Balaban J connectivity index is 2.65. The van der Waals surface area contributed by atoms with E-state index in [0.717, 1.165) is 0 Å². The number of amides is 1. The van der Waals surface area contributed by atoms with E-state index in [4.69, 9.17) is 10.2 Å². The molecule has 0 aliphatic carbocycles. The molecule has 0 unspecified atom stereocenters. The van der Waals surface area contributed by atoms with Crippen LogP contribution in [0.1, 0.15) is 16.8 Å². The van der Waals surface area contributed by atoms with Gasteiger partial charge in [0.1, 0.15) is 6.04 Å². The molecule has 0 saturated heterocycles. The lowest BCUT2D eigenvalue weighted by Gasteiger charge is -2.11. The molecule has 1 atom stereocenters. The fourth-order valence-corrected chi connectivity index (χ4v) is 1.65. The number of hydrogen-bond donors (Lipinski definition) is 3. The summed E-state index contributed by atoms with van der Waals surface area (Å²) in [6.07, 6.45) is -0.648. The molecule has 1 aromatic rings. The topological polar surface area (TPSA) is 104 Å². The van der Waals surface area contributed by atoms with Gasteiger partial charge in [-0.1, -0.05) is 0 Å². The zero-order chi connectivity index (χ0) is 12.1. The highest BCUT2D eigenvalue weighted by molar-refractivity contribution is 7.08. The van der Waals surface area contributed by atoms with Crippen LogP contribution in [0.3, 0.4) is 0 Å². The molecule has 1 amide bonds. The molecule has 0 fully saturated rings. The smallest absolute Gasteiger partial charge is 0.326 e. The molecule has 1 heterocycles. The number of carbonyl (C=O) groups is 3. The van der Waals surface area contributed by atoms with Crippen molar-refractivity contribution < 1.29 is 24.6 Å². The van der Waals surface area contributed by atoms with Crippen LogP contribution in [-0.4, -0.2) is 34.1 Å². The van der Waals surface area contributed by atoms with Crippen LogP contribution >= 0.6 is 11.3 Å². The van der Waals surface area contributed by atoms with Crippen molar-refractivity contribution in [3.8, 4) is 0 Å². The molecular weight excluding hydrogens is 234 g/mol. The Kier molecular flexibility index (Phi) is 4.01. The average Bonchev–Trinajstić information content (AvgIpc) is 2.68. The molecule has 6 nitrogen and oxygen atoms in total. The van der Waals surface area contributed by atoms with Crippen molar-refractivity contribution in [2.24, 2.45) is 0 Å². The van der Waals surface area contributed by atoms with Crippen LogP contribution in [0.4, 0.5) is 0 Å². The second kappa shape index (κ2) is 5.26. The van der Waals surface area contributed by atoms with Crippen molar-refractivity contribution in [3.63, 3.8) is 0 Å². The van der Waals surface area contributed by atoms with Gasteiger partial charge in [0.25, 0.3) is 5.91 Å². The first-order chi connectivity index (χ1) is 7.50. The zero-order valence-corrected chi connectivity index (χ0v) is 8.86. The highest BCUT2D eigenvalue weighted by Gasteiger charge is 2.23. The SMILES string of the molecule is O=C(O)C[C@H](NC(=O)c1ccsc1)C(=O)O. The van der Waals surface area contributed by atoms with Crippen molar-refractivity contribution in [2.45, 2.75) is 12.5 Å². The zero-order valence-electron chi connectivity index (χ0n) is 8.04. The lowest BCUT2D eigenvalue weighted by Crippen LogP contribution is -2.42. The van der Waals surface area contributed by atoms with E-state index in [9.17, 15) is 14.4 Å². The Morgan fingerprint density at radius 3 is 2.50 bits per heavy atom. The van der Waals surface area contributed by atoms with Gasteiger partial charge in [-0.15, -0.1) is 0 Å². The predicted octanol–water partition coefficient (Wildman–Crippen LogP) is 0.406. The molecule has 16 heavy (non-hydrogen) atoms. The third kappa shape index (κ3) is 3.35. The van der Waals surface area contributed by atoms with Crippen molar-refractivity contribution >= 4 is 29.2 Å². The van der Waals surface area contributed by atoms with E-state index in [0.29, 0.717) is 5.56 Å². The van der Waals surface area contributed by atoms with E-state index in [1.807, 2.05) is 0 Å². The fourth-order valence-electron chi connectivity index (χ4n) is 1.01. The highest BCUT2D eigenvalue weighted by atomic mass is 32.1. The summed E-state index contributed by atoms with van der Waals surface area (Å²) in [6, 6.07) is 0.115. The molecule has 0 bridgehead atoms. The van der Waals surface area contributed by atoms with Crippen molar-refractivity contribution in [3.05, 3.63) is 22.4 Å². The summed E-state index contributed by atoms with van der Waals surface area (Å²) >= 11 is 1.29. The first-order valence-electron chi connectivity index (χ1n) is 4.28. The van der Waals surface area contributed by atoms with Crippen LogP contribution in [0.15, 0.2) is 16.8 Å². The fraction of sp³-hybridized carbons (Fsp3) is 0.222. The first-order valence-corrected chi connectivity index (χ1v) is 5.22. The number of carbonyl (C=O) groups excluding carboxylic acids is 1. The summed E-state index contributed by atoms with van der Waals surface area (Å²) in [6.45, 7) is 0. The molecule has 1 aromatic heterocycles. The minimum Gasteiger partial charge on any atom is -0.481 e. The largest absolute Gasteiger partial charge is 0.481 e. The van der Waals surface area contributed by atoms with Gasteiger partial charge in [0.05, 0.1) is 12.0 Å². The summed E-state index contributed by atoms with van der Waals surface area (Å²) in [5.74, 6) is -3.24. The minimum atomic E-state index is -1.41. The van der Waals surface area contributed by atoms with Gasteiger partial charge in [-0.3, -0.25) is 9.59 Å². The van der Waals surface area contributed by atoms with Crippen molar-refractivity contribution in [1.29, 1.82) is 0 Å². The highest BCUT2D eigenvalue weighted by Crippen LogP contribution is 2.06. The van der Waals surface area contributed by atoms with Gasteiger partial charge in [0.15, 0.2) is 0 Å². The Labute approximate surface area is 94.5 Å². The number of carboxylic acid groups (broad SMARTS) is 2. The third-order valence-corrected chi connectivity index (χ3v) is 2.45. The lowest BCUT2D eigenvalue weighted by atomic mass is 10.2. The maximum absolute atomic E-state index is 11.4. The number of rotatable bonds is 5. The number of aliphatic carboxylic acids is 2. The van der Waals surface area contributed by atoms with Crippen LogP contribution < -0.4 is 5.32 Å². The van der Waals surface area contributed by atoms with E-state index in [1.54, 1.807) is 10.8 Å². The second-order valence-corrected chi connectivity index (χ2v) is 3.75. The first kappa shape index (κ1) is 12.2. The molecule has 0 aromatic carbocycles. The van der Waals surface area contributed by atoms with Gasteiger partial charge >= 0.3 is 11.9 Å². The molecule has 0 radical (unpaired) electrons. The van der Waals surface area contributed by atoms with E-state index in [2.05, 4.69) is 5.32 Å². The van der Waals surface area contributed by atoms with Crippen LogP contribution in [0, 0.1) is 0 Å². The molecule has 0 saturated carbocycles. The van der Waals surface area contributed by atoms with E-state index < -0.39 is 30.3 Å². The lowest BCUT2D eigenvalue weighted by molar-refractivity contribution is -0.145. The summed E-state index contributed by atoms with van der Waals surface area (Å²) in [5, 5.41) is 22.5. The van der Waals surface area contributed by atoms with E-state index in [1.165, 1.54) is 17.4 Å². The Hall–Kier alpha value is -1.89. The number of carboxylic acids is 2. The van der Waals surface area contributed by atoms with Gasteiger partial charge in [-0.25, -0.2) is 4.79 Å². The predicted molar refractivity (Wildman–Crippen MR) is 55.5 cm³/mol. The van der Waals surface area contributed by atoms with Gasteiger partial charge in [-0.05, 0) is 11.4 Å². The van der Waals surface area contributed by atoms with E-state index in [-0.39, 0.29) is 0 Å². The maximum atomic E-state index is 11.4. The van der Waals surface area contributed by atoms with Crippen molar-refractivity contribution in [1.82, 2.24) is 5.32 Å². The Bertz CT molecular complexity index is 400. The van der Waals surface area contributed by atoms with E-state index >= 15 is 0 Å². The number of nitrogens with one attached hydrogen (secondary N) is 1. The van der Waals surface area contributed by atoms with Crippen molar-refractivity contribution in [2.75, 3.05) is 0 Å². The quantitative estimate of drug-likeness (QED) is 0.694. The van der Waals surface area contributed by atoms with Gasteiger partial charge in [0, 0.05) is 5.38 Å². The second-order valence-electron chi connectivity index (χ2n) is 2.97. The normalized spacial score (nSPS) is 11.8.